The second kappa shape index (κ2) is 11.0. The molecule has 1 amide bonds. The molecule has 1 saturated heterocycles. The van der Waals surface area contributed by atoms with Crippen LogP contribution < -0.4 is 9.80 Å². The van der Waals surface area contributed by atoms with E-state index in [1.54, 1.807) is 23.2 Å². The number of carbonyl (C=O) groups is 1. The average Bonchev–Trinajstić information content (AvgIpc) is 2.94. The predicted molar refractivity (Wildman–Crippen MR) is 141 cm³/mol. The highest BCUT2D eigenvalue weighted by Gasteiger charge is 2.26. The lowest BCUT2D eigenvalue weighted by atomic mass is 9.92. The maximum Gasteiger partial charge on any atom is 0.269 e. The van der Waals surface area contributed by atoms with Gasteiger partial charge in [-0.3, -0.25) is 24.8 Å². The summed E-state index contributed by atoms with van der Waals surface area (Å²) in [5.41, 5.74) is 4.60. The van der Waals surface area contributed by atoms with Crippen molar-refractivity contribution in [3.05, 3.63) is 93.5 Å². The molecule has 1 aliphatic heterocycles. The number of nitro benzene ring substituents is 1. The zero-order chi connectivity index (χ0) is 25.8. The van der Waals surface area contributed by atoms with Crippen molar-refractivity contribution in [2.24, 2.45) is 0 Å². The lowest BCUT2D eigenvalue weighted by Gasteiger charge is -2.37. The number of hydrogen-bond donors (Lipinski definition) is 0. The van der Waals surface area contributed by atoms with Gasteiger partial charge in [-0.2, -0.15) is 0 Å². The van der Waals surface area contributed by atoms with Crippen molar-refractivity contribution in [1.29, 1.82) is 0 Å². The molecule has 2 aromatic carbocycles. The molecule has 1 aliphatic carbocycles. The van der Waals surface area contributed by atoms with E-state index in [9.17, 15) is 19.3 Å². The largest absolute Gasteiger partial charge is 0.369 e. The normalized spacial score (nSPS) is 15.8. The molecule has 1 aromatic heterocycles. The van der Waals surface area contributed by atoms with Crippen molar-refractivity contribution in [3.8, 4) is 0 Å². The fourth-order valence-corrected chi connectivity index (χ4v) is 5.21. The van der Waals surface area contributed by atoms with E-state index in [1.165, 1.54) is 47.5 Å². The molecule has 5 rings (SSSR count). The van der Waals surface area contributed by atoms with E-state index >= 15 is 0 Å². The summed E-state index contributed by atoms with van der Waals surface area (Å²) in [6, 6.07) is 12.4. The van der Waals surface area contributed by atoms with Gasteiger partial charge in [0.2, 0.25) is 0 Å². The molecule has 0 N–H and O–H groups in total. The predicted octanol–water partition coefficient (Wildman–Crippen LogP) is 4.48. The fraction of sp³-hybridized carbons (Fsp3) is 0.357. The number of carbonyl (C=O) groups excluding carboxylic acids is 1. The number of nitro groups is 1. The molecule has 0 radical (unpaired) electrons. The number of anilines is 2. The molecule has 0 bridgehead atoms. The number of benzene rings is 2. The molecular formula is C28H30FN5O3. The second-order valence-corrected chi connectivity index (χ2v) is 9.57. The highest BCUT2D eigenvalue weighted by molar-refractivity contribution is 6.06. The summed E-state index contributed by atoms with van der Waals surface area (Å²) in [6.45, 7) is 4.50. The molecule has 0 spiro atoms. The number of amides is 1. The Bertz CT molecular complexity index is 1260. The Morgan fingerprint density at radius 3 is 2.38 bits per heavy atom. The van der Waals surface area contributed by atoms with Gasteiger partial charge in [0.15, 0.2) is 0 Å². The molecule has 0 saturated carbocycles. The molecule has 0 atom stereocenters. The van der Waals surface area contributed by atoms with E-state index < -0.39 is 4.92 Å². The Morgan fingerprint density at radius 1 is 0.973 bits per heavy atom. The topological polar surface area (TPSA) is 82.8 Å². The first kappa shape index (κ1) is 24.8. The van der Waals surface area contributed by atoms with Crippen LogP contribution >= 0.6 is 0 Å². The molecule has 2 heterocycles. The van der Waals surface area contributed by atoms with Crippen LogP contribution in [0.15, 0.2) is 60.9 Å². The van der Waals surface area contributed by atoms with Crippen LogP contribution in [0.2, 0.25) is 0 Å². The van der Waals surface area contributed by atoms with Gasteiger partial charge in [0.1, 0.15) is 5.82 Å². The number of halogens is 1. The maximum absolute atomic E-state index is 13.7. The van der Waals surface area contributed by atoms with E-state index in [4.69, 9.17) is 0 Å². The minimum Gasteiger partial charge on any atom is -0.369 e. The molecule has 2 aliphatic rings. The minimum atomic E-state index is -0.463. The summed E-state index contributed by atoms with van der Waals surface area (Å²) in [4.78, 5) is 35.2. The summed E-state index contributed by atoms with van der Waals surface area (Å²) >= 11 is 0. The number of aryl methyl sites for hydroxylation is 1. The van der Waals surface area contributed by atoms with Crippen LogP contribution in [0.1, 0.15) is 34.3 Å². The Morgan fingerprint density at radius 2 is 1.68 bits per heavy atom. The number of piperazine rings is 1. The first-order chi connectivity index (χ1) is 18.0. The lowest BCUT2D eigenvalue weighted by Crippen LogP contribution is -2.49. The molecular weight excluding hydrogens is 473 g/mol. The summed E-state index contributed by atoms with van der Waals surface area (Å²) in [5.74, 6) is -0.418. The third-order valence-corrected chi connectivity index (χ3v) is 7.31. The van der Waals surface area contributed by atoms with Gasteiger partial charge in [-0.25, -0.2) is 4.39 Å². The Balaban J connectivity index is 1.32. The van der Waals surface area contributed by atoms with Crippen molar-refractivity contribution >= 4 is 23.0 Å². The molecule has 8 nitrogen and oxygen atoms in total. The molecule has 1 fully saturated rings. The van der Waals surface area contributed by atoms with Crippen molar-refractivity contribution in [2.45, 2.75) is 25.7 Å². The second-order valence-electron chi connectivity index (χ2n) is 9.57. The van der Waals surface area contributed by atoms with E-state index in [-0.39, 0.29) is 17.4 Å². The first-order valence-electron chi connectivity index (χ1n) is 12.7. The molecule has 9 heteroatoms. The van der Waals surface area contributed by atoms with E-state index in [1.807, 2.05) is 6.20 Å². The maximum atomic E-state index is 13.7. The van der Waals surface area contributed by atoms with Crippen LogP contribution in [0.5, 0.6) is 0 Å². The third kappa shape index (κ3) is 5.61. The molecule has 37 heavy (non-hydrogen) atoms. The van der Waals surface area contributed by atoms with E-state index in [0.717, 1.165) is 63.2 Å². The number of rotatable bonds is 7. The third-order valence-electron chi connectivity index (χ3n) is 7.31. The van der Waals surface area contributed by atoms with Gasteiger partial charge >= 0.3 is 0 Å². The summed E-state index contributed by atoms with van der Waals surface area (Å²) in [7, 11) is 0. The quantitative estimate of drug-likeness (QED) is 0.349. The van der Waals surface area contributed by atoms with Gasteiger partial charge in [0, 0.05) is 68.8 Å². The number of aromatic nitrogens is 1. The zero-order valence-electron chi connectivity index (χ0n) is 20.7. The van der Waals surface area contributed by atoms with E-state index in [2.05, 4.69) is 14.8 Å². The van der Waals surface area contributed by atoms with Gasteiger partial charge in [-0.05, 0) is 73.2 Å². The Labute approximate surface area is 215 Å². The van der Waals surface area contributed by atoms with Gasteiger partial charge < -0.3 is 9.80 Å². The number of pyridine rings is 1. The molecule has 3 aromatic rings. The number of hydrogen-bond acceptors (Lipinski definition) is 6. The van der Waals surface area contributed by atoms with Gasteiger partial charge in [-0.1, -0.05) is 0 Å². The summed E-state index contributed by atoms with van der Waals surface area (Å²) in [6.07, 6.45) is 7.75. The summed E-state index contributed by atoms with van der Waals surface area (Å²) < 4.78 is 13.3. The van der Waals surface area contributed by atoms with Crippen LogP contribution in [-0.2, 0) is 12.8 Å². The van der Waals surface area contributed by atoms with Gasteiger partial charge in [-0.15, -0.1) is 0 Å². The lowest BCUT2D eigenvalue weighted by molar-refractivity contribution is -0.384. The molecule has 192 valence electrons. The Hall–Kier alpha value is -3.85. The number of non-ortho nitro benzene ring substituents is 1. The zero-order valence-corrected chi connectivity index (χ0v) is 20.7. The number of fused-ring (bicyclic) bond motifs is 1. The fourth-order valence-electron chi connectivity index (χ4n) is 5.21. The van der Waals surface area contributed by atoms with Crippen LogP contribution in [0.3, 0.4) is 0 Å². The van der Waals surface area contributed by atoms with Crippen LogP contribution in [0.4, 0.5) is 21.5 Å². The van der Waals surface area contributed by atoms with Gasteiger partial charge in [0.05, 0.1) is 16.8 Å². The smallest absolute Gasteiger partial charge is 0.269 e. The van der Waals surface area contributed by atoms with Crippen LogP contribution in [-0.4, -0.2) is 60.0 Å². The van der Waals surface area contributed by atoms with Crippen molar-refractivity contribution in [2.75, 3.05) is 49.1 Å². The van der Waals surface area contributed by atoms with Crippen LogP contribution in [0, 0.1) is 15.9 Å². The standard InChI is InChI=1S/C28H30FN5O3/c29-23-7-11-24(12-8-23)32-16-13-31(14-17-32)15-18-33(27-20-30-19-22-3-1-2-4-26(22)27)28(35)21-5-9-25(10-6-21)34(36)37/h5-12,19-20H,1-4,13-18H2. The monoisotopic (exact) mass is 503 g/mol. The Kier molecular flexibility index (Phi) is 7.41. The first-order valence-corrected chi connectivity index (χ1v) is 12.7. The molecule has 0 unspecified atom stereocenters. The number of nitrogens with zero attached hydrogens (tertiary/aromatic N) is 5. The minimum absolute atomic E-state index is 0.0408. The highest BCUT2D eigenvalue weighted by Crippen LogP contribution is 2.31. The van der Waals surface area contributed by atoms with Crippen molar-refractivity contribution in [3.63, 3.8) is 0 Å². The van der Waals surface area contributed by atoms with Crippen LogP contribution in [0.25, 0.3) is 0 Å². The SMILES string of the molecule is O=C(c1ccc([N+](=O)[O-])cc1)N(CCN1CCN(c2ccc(F)cc2)CC1)c1cncc2c1CCCC2. The van der Waals surface area contributed by atoms with Gasteiger partial charge in [0.25, 0.3) is 11.6 Å². The average molecular weight is 504 g/mol. The highest BCUT2D eigenvalue weighted by atomic mass is 19.1. The van der Waals surface area contributed by atoms with E-state index in [0.29, 0.717) is 18.7 Å². The summed E-state index contributed by atoms with van der Waals surface area (Å²) in [5, 5.41) is 11.1. The van der Waals surface area contributed by atoms with Crippen molar-refractivity contribution in [1.82, 2.24) is 9.88 Å². The van der Waals surface area contributed by atoms with Crippen molar-refractivity contribution < 1.29 is 14.1 Å².